The Bertz CT molecular complexity index is 401. The van der Waals surface area contributed by atoms with E-state index in [1.807, 2.05) is 19.1 Å². The number of nitrogens with zero attached hydrogens (tertiary/aromatic N) is 1. The molecule has 1 rings (SSSR count). The van der Waals surface area contributed by atoms with Crippen molar-refractivity contribution in [2.24, 2.45) is 0 Å². The van der Waals surface area contributed by atoms with E-state index in [1.54, 1.807) is 7.11 Å². The largest absolute Gasteiger partial charge is 0.497 e. The molecule has 0 aliphatic rings. The molecule has 0 saturated carbocycles. The van der Waals surface area contributed by atoms with E-state index in [9.17, 15) is 4.79 Å². The van der Waals surface area contributed by atoms with Crippen LogP contribution >= 0.6 is 0 Å². The van der Waals surface area contributed by atoms with Crippen molar-refractivity contribution >= 4 is 5.97 Å². The van der Waals surface area contributed by atoms with Crippen LogP contribution < -0.4 is 4.74 Å². The molecule has 0 atom stereocenters. The summed E-state index contributed by atoms with van der Waals surface area (Å²) in [5.74, 6) is 0.705. The first-order valence-electron chi connectivity index (χ1n) is 7.09. The maximum atomic E-state index is 11.6. The molecule has 0 fully saturated rings. The van der Waals surface area contributed by atoms with Crippen LogP contribution in [0.25, 0.3) is 0 Å². The quantitative estimate of drug-likeness (QED) is 0.685. The molecule has 1 aromatic rings. The molecule has 0 heterocycles. The Morgan fingerprint density at radius 3 is 2.40 bits per heavy atom. The third-order valence-electron chi connectivity index (χ3n) is 3.21. The minimum atomic E-state index is -0.157. The van der Waals surface area contributed by atoms with Crippen LogP contribution in [0.15, 0.2) is 24.3 Å². The van der Waals surface area contributed by atoms with Crippen LogP contribution in [0.5, 0.6) is 5.75 Å². The molecule has 0 bridgehead atoms. The summed E-state index contributed by atoms with van der Waals surface area (Å²) in [5, 5.41) is 0. The standard InChI is InChI=1S/C16H25NO3/c1-5-20-16(18)12-17(13(2)3)11-10-14-6-8-15(19-4)9-7-14/h6-9,13H,5,10-12H2,1-4H3. The van der Waals surface area contributed by atoms with Crippen molar-refractivity contribution in [2.75, 3.05) is 26.8 Å². The van der Waals surface area contributed by atoms with Gasteiger partial charge in [-0.1, -0.05) is 12.1 Å². The first kappa shape index (κ1) is 16.5. The van der Waals surface area contributed by atoms with E-state index in [4.69, 9.17) is 9.47 Å². The zero-order chi connectivity index (χ0) is 15.0. The summed E-state index contributed by atoms with van der Waals surface area (Å²) in [4.78, 5) is 13.7. The van der Waals surface area contributed by atoms with Crippen LogP contribution in [-0.4, -0.2) is 43.7 Å². The molecular weight excluding hydrogens is 254 g/mol. The van der Waals surface area contributed by atoms with Gasteiger partial charge in [0.25, 0.3) is 0 Å². The second kappa shape index (κ2) is 8.59. The average molecular weight is 279 g/mol. The zero-order valence-corrected chi connectivity index (χ0v) is 12.9. The van der Waals surface area contributed by atoms with Crippen molar-refractivity contribution in [1.29, 1.82) is 0 Å². The second-order valence-electron chi connectivity index (χ2n) is 4.97. The molecule has 112 valence electrons. The number of methoxy groups -OCH3 is 1. The fourth-order valence-corrected chi connectivity index (χ4v) is 1.96. The van der Waals surface area contributed by atoms with Crippen LogP contribution in [-0.2, 0) is 16.0 Å². The highest BCUT2D eigenvalue weighted by Crippen LogP contribution is 2.12. The lowest BCUT2D eigenvalue weighted by molar-refractivity contribution is -0.144. The molecule has 0 aliphatic heterocycles. The first-order chi connectivity index (χ1) is 9.56. The summed E-state index contributed by atoms with van der Waals surface area (Å²) in [7, 11) is 1.66. The van der Waals surface area contributed by atoms with Gasteiger partial charge in [-0.25, -0.2) is 0 Å². The Labute approximate surface area is 121 Å². The lowest BCUT2D eigenvalue weighted by Gasteiger charge is -2.25. The van der Waals surface area contributed by atoms with E-state index >= 15 is 0 Å². The Kier molecular flexibility index (Phi) is 7.09. The highest BCUT2D eigenvalue weighted by atomic mass is 16.5. The van der Waals surface area contributed by atoms with Crippen molar-refractivity contribution in [3.8, 4) is 5.75 Å². The fourth-order valence-electron chi connectivity index (χ4n) is 1.96. The number of hydrogen-bond donors (Lipinski definition) is 0. The molecule has 1 aromatic carbocycles. The summed E-state index contributed by atoms with van der Waals surface area (Å²) in [6.07, 6.45) is 0.904. The van der Waals surface area contributed by atoms with Gasteiger partial charge in [0, 0.05) is 12.6 Å². The molecular formula is C16H25NO3. The topological polar surface area (TPSA) is 38.8 Å². The van der Waals surface area contributed by atoms with E-state index in [1.165, 1.54) is 5.56 Å². The van der Waals surface area contributed by atoms with Gasteiger partial charge in [-0.05, 0) is 44.9 Å². The normalized spacial score (nSPS) is 10.9. The molecule has 20 heavy (non-hydrogen) atoms. The van der Waals surface area contributed by atoms with Gasteiger partial charge < -0.3 is 9.47 Å². The monoisotopic (exact) mass is 279 g/mol. The van der Waals surface area contributed by atoms with Gasteiger partial charge in [0.05, 0.1) is 20.3 Å². The Balaban J connectivity index is 2.51. The third-order valence-corrected chi connectivity index (χ3v) is 3.21. The van der Waals surface area contributed by atoms with Crippen molar-refractivity contribution in [1.82, 2.24) is 4.90 Å². The molecule has 4 nitrogen and oxygen atoms in total. The Morgan fingerprint density at radius 1 is 1.25 bits per heavy atom. The molecule has 0 radical (unpaired) electrons. The molecule has 0 aliphatic carbocycles. The predicted octanol–water partition coefficient (Wildman–Crippen LogP) is 2.51. The summed E-state index contributed by atoms with van der Waals surface area (Å²) in [6.45, 7) is 7.63. The molecule has 0 N–H and O–H groups in total. The number of benzene rings is 1. The Hall–Kier alpha value is -1.55. The maximum absolute atomic E-state index is 11.6. The number of esters is 1. The van der Waals surface area contributed by atoms with Crippen LogP contribution in [0.1, 0.15) is 26.3 Å². The lowest BCUT2D eigenvalue weighted by Crippen LogP contribution is -2.37. The number of hydrogen-bond acceptors (Lipinski definition) is 4. The first-order valence-corrected chi connectivity index (χ1v) is 7.09. The van der Waals surface area contributed by atoms with E-state index < -0.39 is 0 Å². The summed E-state index contributed by atoms with van der Waals surface area (Å²) >= 11 is 0. The van der Waals surface area contributed by atoms with Crippen LogP contribution in [0.4, 0.5) is 0 Å². The maximum Gasteiger partial charge on any atom is 0.320 e. The van der Waals surface area contributed by atoms with Gasteiger partial charge >= 0.3 is 5.97 Å². The minimum absolute atomic E-state index is 0.157. The highest BCUT2D eigenvalue weighted by molar-refractivity contribution is 5.71. The molecule has 0 unspecified atom stereocenters. The lowest BCUT2D eigenvalue weighted by atomic mass is 10.1. The van der Waals surface area contributed by atoms with Crippen LogP contribution in [0, 0.1) is 0 Å². The fraction of sp³-hybridized carbons (Fsp3) is 0.562. The van der Waals surface area contributed by atoms with Gasteiger partial charge in [-0.2, -0.15) is 0 Å². The third kappa shape index (κ3) is 5.61. The Morgan fingerprint density at radius 2 is 1.90 bits per heavy atom. The molecule has 4 heteroatoms. The van der Waals surface area contributed by atoms with Gasteiger partial charge in [0.15, 0.2) is 0 Å². The van der Waals surface area contributed by atoms with Crippen molar-refractivity contribution in [3.05, 3.63) is 29.8 Å². The molecule has 0 amide bonds. The number of rotatable bonds is 8. The number of carbonyl (C=O) groups is 1. The zero-order valence-electron chi connectivity index (χ0n) is 12.9. The smallest absolute Gasteiger partial charge is 0.320 e. The minimum Gasteiger partial charge on any atom is -0.497 e. The summed E-state index contributed by atoms with van der Waals surface area (Å²) in [6, 6.07) is 8.35. The van der Waals surface area contributed by atoms with E-state index in [0.29, 0.717) is 19.2 Å². The SMILES string of the molecule is CCOC(=O)CN(CCc1ccc(OC)cc1)C(C)C. The average Bonchev–Trinajstić information content (AvgIpc) is 2.44. The van der Waals surface area contributed by atoms with Gasteiger partial charge in [-0.15, -0.1) is 0 Å². The van der Waals surface area contributed by atoms with E-state index in [-0.39, 0.29) is 5.97 Å². The van der Waals surface area contributed by atoms with Crippen molar-refractivity contribution in [3.63, 3.8) is 0 Å². The molecule has 0 saturated heterocycles. The molecule has 0 spiro atoms. The predicted molar refractivity (Wildman–Crippen MR) is 80.0 cm³/mol. The number of ether oxygens (including phenoxy) is 2. The van der Waals surface area contributed by atoms with Crippen molar-refractivity contribution in [2.45, 2.75) is 33.2 Å². The van der Waals surface area contributed by atoms with Gasteiger partial charge in [-0.3, -0.25) is 9.69 Å². The van der Waals surface area contributed by atoms with Crippen LogP contribution in [0.3, 0.4) is 0 Å². The second-order valence-corrected chi connectivity index (χ2v) is 4.97. The summed E-state index contributed by atoms with van der Waals surface area (Å²) < 4.78 is 10.1. The van der Waals surface area contributed by atoms with Crippen LogP contribution in [0.2, 0.25) is 0 Å². The van der Waals surface area contributed by atoms with E-state index in [0.717, 1.165) is 18.7 Å². The highest BCUT2D eigenvalue weighted by Gasteiger charge is 2.14. The summed E-state index contributed by atoms with van der Waals surface area (Å²) in [5.41, 5.74) is 1.24. The number of carbonyl (C=O) groups excluding carboxylic acids is 1. The van der Waals surface area contributed by atoms with Gasteiger partial charge in [0.2, 0.25) is 0 Å². The molecule has 0 aromatic heterocycles. The van der Waals surface area contributed by atoms with Crippen molar-refractivity contribution < 1.29 is 14.3 Å². The van der Waals surface area contributed by atoms with E-state index in [2.05, 4.69) is 30.9 Å². The van der Waals surface area contributed by atoms with Gasteiger partial charge in [0.1, 0.15) is 5.75 Å².